The third-order valence-corrected chi connectivity index (χ3v) is 4.57. The van der Waals surface area contributed by atoms with Crippen LogP contribution in [0.1, 0.15) is 39.0 Å². The zero-order valence-corrected chi connectivity index (χ0v) is 14.6. The van der Waals surface area contributed by atoms with Gasteiger partial charge in [-0.05, 0) is 61.6 Å². The van der Waals surface area contributed by atoms with Gasteiger partial charge in [-0.15, -0.1) is 0 Å². The molecule has 0 radical (unpaired) electrons. The number of ether oxygens (including phenoxy) is 2. The molecule has 1 aliphatic rings. The highest BCUT2D eigenvalue weighted by atomic mass is 16.5. The Kier molecular flexibility index (Phi) is 4.43. The molecule has 0 amide bonds. The van der Waals surface area contributed by atoms with Crippen molar-refractivity contribution >= 4 is 11.9 Å². The van der Waals surface area contributed by atoms with Crippen molar-refractivity contribution < 1.29 is 14.3 Å². The van der Waals surface area contributed by atoms with E-state index in [0.717, 1.165) is 35.1 Å². The first kappa shape index (κ1) is 16.3. The molecule has 0 heterocycles. The maximum absolute atomic E-state index is 12.9. The summed E-state index contributed by atoms with van der Waals surface area (Å²) < 4.78 is 10.7. The Labute approximate surface area is 142 Å². The number of methoxy groups -OCH3 is 2. The second kappa shape index (κ2) is 6.52. The van der Waals surface area contributed by atoms with Gasteiger partial charge in [-0.2, -0.15) is 0 Å². The van der Waals surface area contributed by atoms with Gasteiger partial charge >= 0.3 is 0 Å². The number of rotatable bonds is 3. The summed E-state index contributed by atoms with van der Waals surface area (Å²) >= 11 is 0. The van der Waals surface area contributed by atoms with E-state index in [9.17, 15) is 4.79 Å². The number of fused-ring (bicyclic) bond motifs is 1. The van der Waals surface area contributed by atoms with Crippen LogP contribution in [0.5, 0.6) is 11.5 Å². The average molecular weight is 322 g/mol. The normalized spacial score (nSPS) is 15.3. The monoisotopic (exact) mass is 322 g/mol. The van der Waals surface area contributed by atoms with Crippen molar-refractivity contribution in [3.05, 3.63) is 63.7 Å². The van der Waals surface area contributed by atoms with E-state index in [2.05, 4.69) is 32.0 Å². The van der Waals surface area contributed by atoms with E-state index < -0.39 is 0 Å². The highest BCUT2D eigenvalue weighted by Crippen LogP contribution is 2.36. The van der Waals surface area contributed by atoms with Crippen molar-refractivity contribution in [2.45, 2.75) is 26.7 Å². The van der Waals surface area contributed by atoms with Crippen molar-refractivity contribution in [3.63, 3.8) is 0 Å². The summed E-state index contributed by atoms with van der Waals surface area (Å²) in [5, 5.41) is 0. The first-order valence-corrected chi connectivity index (χ1v) is 8.11. The van der Waals surface area contributed by atoms with E-state index in [1.54, 1.807) is 20.3 Å². The molecule has 2 aromatic rings. The van der Waals surface area contributed by atoms with Gasteiger partial charge in [-0.1, -0.05) is 23.8 Å². The maximum Gasteiger partial charge on any atom is 0.189 e. The Bertz CT molecular complexity index is 831. The van der Waals surface area contributed by atoms with Crippen molar-refractivity contribution in [1.82, 2.24) is 0 Å². The van der Waals surface area contributed by atoms with E-state index in [1.807, 2.05) is 12.1 Å². The Morgan fingerprint density at radius 2 is 1.67 bits per heavy atom. The quantitative estimate of drug-likeness (QED) is 0.779. The largest absolute Gasteiger partial charge is 0.493 e. The van der Waals surface area contributed by atoms with Crippen LogP contribution in [-0.2, 0) is 6.42 Å². The van der Waals surface area contributed by atoms with Gasteiger partial charge in [0.2, 0.25) is 0 Å². The summed E-state index contributed by atoms with van der Waals surface area (Å²) in [6, 6.07) is 10.0. The van der Waals surface area contributed by atoms with E-state index >= 15 is 0 Å². The van der Waals surface area contributed by atoms with Crippen LogP contribution in [0.15, 0.2) is 35.9 Å². The summed E-state index contributed by atoms with van der Waals surface area (Å²) in [7, 11) is 3.20. The molecule has 2 aromatic carbocycles. The SMILES string of the molecule is COc1cc2c(cc1OC)C(=O)C(=Cc1cc(C)ccc1C)CC2. The predicted octanol–water partition coefficient (Wildman–Crippen LogP) is 4.53. The van der Waals surface area contributed by atoms with Crippen LogP contribution < -0.4 is 9.47 Å². The fraction of sp³-hybridized carbons (Fsp3) is 0.286. The number of hydrogen-bond acceptors (Lipinski definition) is 3. The first-order chi connectivity index (χ1) is 11.5. The molecule has 0 aromatic heterocycles. The first-order valence-electron chi connectivity index (χ1n) is 8.11. The Morgan fingerprint density at radius 3 is 2.38 bits per heavy atom. The lowest BCUT2D eigenvalue weighted by Crippen LogP contribution is -2.14. The fourth-order valence-electron chi connectivity index (χ4n) is 3.14. The molecule has 0 atom stereocenters. The predicted molar refractivity (Wildman–Crippen MR) is 96.1 cm³/mol. The van der Waals surface area contributed by atoms with Crippen LogP contribution in [0, 0.1) is 13.8 Å². The van der Waals surface area contributed by atoms with E-state index in [0.29, 0.717) is 11.5 Å². The Hall–Kier alpha value is -2.55. The minimum atomic E-state index is 0.0816. The van der Waals surface area contributed by atoms with Gasteiger partial charge < -0.3 is 9.47 Å². The number of hydrogen-bond donors (Lipinski definition) is 0. The molecule has 0 saturated carbocycles. The molecule has 3 heteroatoms. The molecule has 1 aliphatic carbocycles. The molecule has 24 heavy (non-hydrogen) atoms. The van der Waals surface area contributed by atoms with Gasteiger partial charge in [0.05, 0.1) is 14.2 Å². The number of carbonyl (C=O) groups is 1. The molecule has 0 saturated heterocycles. The van der Waals surface area contributed by atoms with Crippen LogP contribution in [0.25, 0.3) is 6.08 Å². The standard InChI is InChI=1S/C21H22O3/c1-13-5-6-14(2)17(9-13)10-16-8-7-15-11-19(23-3)20(24-4)12-18(15)21(16)22/h5-6,9-12H,7-8H2,1-4H3. The summed E-state index contributed by atoms with van der Waals surface area (Å²) in [6.07, 6.45) is 3.61. The lowest BCUT2D eigenvalue weighted by Gasteiger charge is -2.20. The summed E-state index contributed by atoms with van der Waals surface area (Å²) in [4.78, 5) is 12.9. The van der Waals surface area contributed by atoms with Crippen LogP contribution in [0.2, 0.25) is 0 Å². The summed E-state index contributed by atoms with van der Waals surface area (Å²) in [5.41, 5.74) is 6.08. The van der Waals surface area contributed by atoms with Crippen molar-refractivity contribution in [1.29, 1.82) is 0 Å². The highest BCUT2D eigenvalue weighted by Gasteiger charge is 2.24. The molecule has 0 bridgehead atoms. The van der Waals surface area contributed by atoms with Gasteiger partial charge in [0.1, 0.15) is 0 Å². The third-order valence-electron chi connectivity index (χ3n) is 4.57. The van der Waals surface area contributed by atoms with Gasteiger partial charge in [0.25, 0.3) is 0 Å². The van der Waals surface area contributed by atoms with E-state index in [4.69, 9.17) is 9.47 Å². The minimum Gasteiger partial charge on any atom is -0.493 e. The smallest absolute Gasteiger partial charge is 0.189 e. The molecule has 0 spiro atoms. The molecule has 0 N–H and O–H groups in total. The maximum atomic E-state index is 12.9. The molecule has 0 fully saturated rings. The van der Waals surface area contributed by atoms with E-state index in [1.165, 1.54) is 11.1 Å². The third kappa shape index (κ3) is 2.94. The molecule has 3 nitrogen and oxygen atoms in total. The molecular formula is C21H22O3. The van der Waals surface area contributed by atoms with Crippen LogP contribution in [0.4, 0.5) is 0 Å². The second-order valence-corrected chi connectivity index (χ2v) is 6.22. The van der Waals surface area contributed by atoms with E-state index in [-0.39, 0.29) is 5.78 Å². The number of carbonyl (C=O) groups excluding carboxylic acids is 1. The summed E-state index contributed by atoms with van der Waals surface area (Å²) in [5.74, 6) is 1.35. The second-order valence-electron chi connectivity index (χ2n) is 6.22. The van der Waals surface area contributed by atoms with Gasteiger partial charge in [-0.25, -0.2) is 0 Å². The molecule has 0 aliphatic heterocycles. The zero-order valence-electron chi connectivity index (χ0n) is 14.6. The van der Waals surface area contributed by atoms with Gasteiger partial charge in [-0.3, -0.25) is 4.79 Å². The summed E-state index contributed by atoms with van der Waals surface area (Å²) in [6.45, 7) is 4.14. The Balaban J connectivity index is 2.03. The highest BCUT2D eigenvalue weighted by molar-refractivity contribution is 6.13. The van der Waals surface area contributed by atoms with Crippen LogP contribution in [-0.4, -0.2) is 20.0 Å². The van der Waals surface area contributed by atoms with Crippen LogP contribution in [0.3, 0.4) is 0 Å². The minimum absolute atomic E-state index is 0.0816. The van der Waals surface area contributed by atoms with Gasteiger partial charge in [0.15, 0.2) is 17.3 Å². The number of benzene rings is 2. The van der Waals surface area contributed by atoms with Crippen molar-refractivity contribution in [2.75, 3.05) is 14.2 Å². The molecule has 3 rings (SSSR count). The number of ketones is 1. The number of Topliss-reactive ketones (excluding diaryl/α,β-unsaturated/α-hetero) is 1. The molecule has 124 valence electrons. The fourth-order valence-corrected chi connectivity index (χ4v) is 3.14. The lowest BCUT2D eigenvalue weighted by molar-refractivity contribution is 0.102. The van der Waals surface area contributed by atoms with Gasteiger partial charge in [0, 0.05) is 11.1 Å². The average Bonchev–Trinajstić information content (AvgIpc) is 2.59. The molecular weight excluding hydrogens is 300 g/mol. The van der Waals surface area contributed by atoms with Crippen LogP contribution >= 0.6 is 0 Å². The number of allylic oxidation sites excluding steroid dienone is 1. The van der Waals surface area contributed by atoms with Crippen molar-refractivity contribution in [3.8, 4) is 11.5 Å². The Morgan fingerprint density at radius 1 is 0.958 bits per heavy atom. The van der Waals surface area contributed by atoms with Crippen molar-refractivity contribution in [2.24, 2.45) is 0 Å². The topological polar surface area (TPSA) is 35.5 Å². The zero-order chi connectivity index (χ0) is 17.3. The molecule has 0 unspecified atom stereocenters. The number of aryl methyl sites for hydroxylation is 3. The lowest BCUT2D eigenvalue weighted by atomic mass is 9.85.